The number of pyridine rings is 1. The van der Waals surface area contributed by atoms with Crippen LogP contribution in [0.3, 0.4) is 0 Å². The van der Waals surface area contributed by atoms with E-state index in [9.17, 15) is 0 Å². The molecule has 146 valence electrons. The Morgan fingerprint density at radius 3 is 2.33 bits per heavy atom. The molecule has 0 amide bonds. The zero-order chi connectivity index (χ0) is 17.6. The van der Waals surface area contributed by atoms with Crippen LogP contribution in [-0.2, 0) is 22.8 Å². The molecule has 1 heterocycles. The van der Waals surface area contributed by atoms with Crippen molar-refractivity contribution in [2.24, 2.45) is 0 Å². The molecule has 2 aliphatic carbocycles. The molecule has 0 saturated heterocycles. The van der Waals surface area contributed by atoms with Crippen molar-refractivity contribution in [3.05, 3.63) is 83.7 Å². The Kier molecular flexibility index (Phi) is 13.8. The summed E-state index contributed by atoms with van der Waals surface area (Å²) < 4.78 is 0. The van der Waals surface area contributed by atoms with Gasteiger partial charge in [-0.2, -0.15) is 17.2 Å². The van der Waals surface area contributed by atoms with Gasteiger partial charge in [0.05, 0.1) is 0 Å². The molecule has 1 aromatic rings. The van der Waals surface area contributed by atoms with E-state index in [0.29, 0.717) is 0 Å². The summed E-state index contributed by atoms with van der Waals surface area (Å²) in [5.41, 5.74) is 1.07. The Morgan fingerprint density at radius 2 is 1.89 bits per heavy atom. The first-order chi connectivity index (χ1) is 11.3. The maximum Gasteiger partial charge on any atom is 4.00 e. The van der Waals surface area contributed by atoms with Gasteiger partial charge in [0, 0.05) is 11.9 Å². The summed E-state index contributed by atoms with van der Waals surface area (Å²) in [5.74, 6) is 1.39. The van der Waals surface area contributed by atoms with Crippen molar-refractivity contribution in [3.8, 4) is 0 Å². The van der Waals surface area contributed by atoms with Gasteiger partial charge in [-0.1, -0.05) is 44.6 Å². The molecule has 6 heteroatoms. The molecule has 27 heavy (non-hydrogen) atoms. The number of rotatable bonds is 3. The van der Waals surface area contributed by atoms with Crippen LogP contribution in [0.5, 0.6) is 0 Å². The van der Waals surface area contributed by atoms with Crippen LogP contribution >= 0.6 is 11.1 Å². The molecule has 0 bridgehead atoms. The van der Waals surface area contributed by atoms with Crippen molar-refractivity contribution >= 4 is 18.5 Å². The van der Waals surface area contributed by atoms with Crippen molar-refractivity contribution in [3.63, 3.8) is 0 Å². The minimum Gasteiger partial charge on any atom is -1.00 e. The molecule has 0 unspecified atom stereocenters. The van der Waals surface area contributed by atoms with Crippen molar-refractivity contribution in [2.45, 2.75) is 45.2 Å². The van der Waals surface area contributed by atoms with E-state index in [1.807, 2.05) is 30.5 Å². The van der Waals surface area contributed by atoms with Gasteiger partial charge in [-0.3, -0.25) is 11.1 Å². The van der Waals surface area contributed by atoms with Gasteiger partial charge in [-0.25, -0.2) is 30.2 Å². The van der Waals surface area contributed by atoms with Crippen LogP contribution < -0.4 is 24.8 Å². The molecule has 0 aromatic carbocycles. The maximum absolute atomic E-state index is 6.58. The van der Waals surface area contributed by atoms with Crippen LogP contribution in [-0.4, -0.2) is 12.4 Å². The van der Waals surface area contributed by atoms with Crippen molar-refractivity contribution in [1.29, 1.82) is 0 Å². The van der Waals surface area contributed by atoms with E-state index in [1.54, 1.807) is 0 Å². The van der Waals surface area contributed by atoms with E-state index >= 15 is 0 Å². The van der Waals surface area contributed by atoms with E-state index in [2.05, 4.69) is 68.4 Å². The first-order valence-corrected chi connectivity index (χ1v) is 12.4. The van der Waals surface area contributed by atoms with Gasteiger partial charge in [-0.05, 0) is 17.5 Å². The van der Waals surface area contributed by atoms with Gasteiger partial charge in [0.15, 0.2) is 7.38 Å². The molecule has 1 nitrogen and oxygen atoms in total. The van der Waals surface area contributed by atoms with Gasteiger partial charge >= 0.3 is 17.4 Å². The molecule has 3 rings (SSSR count). The number of allylic oxidation sites excluding steroid dienone is 8. The fourth-order valence-electron chi connectivity index (χ4n) is 2.68. The third-order valence-corrected chi connectivity index (χ3v) is 7.03. The van der Waals surface area contributed by atoms with E-state index in [4.69, 9.17) is 11.1 Å². The summed E-state index contributed by atoms with van der Waals surface area (Å²) in [7, 11) is -1.74. The molecular formula is C21H26Cl3CrNSi. The molecule has 1 aromatic heterocycles. The molecule has 0 saturated carbocycles. The molecular weight excluding hydrogens is 453 g/mol. The van der Waals surface area contributed by atoms with Gasteiger partial charge in [0.25, 0.3) is 0 Å². The van der Waals surface area contributed by atoms with Crippen LogP contribution in [0.2, 0.25) is 13.1 Å². The van der Waals surface area contributed by atoms with Gasteiger partial charge in [-0.15, -0.1) is 12.5 Å². The summed E-state index contributed by atoms with van der Waals surface area (Å²) in [6, 6.07) is 6.11. The number of hydrogen-bond acceptors (Lipinski definition) is 1. The first-order valence-electron chi connectivity index (χ1n) is 8.38. The summed E-state index contributed by atoms with van der Waals surface area (Å²) in [6.07, 6.45) is 19.4. The Bertz CT molecular complexity index is 652. The first kappa shape index (κ1) is 28.8. The minimum absolute atomic E-state index is 0. The smallest absolute Gasteiger partial charge is 1.00 e. The molecule has 2 aliphatic rings. The molecule has 0 radical (unpaired) electrons. The maximum atomic E-state index is 6.58. The Balaban J connectivity index is 0. The molecule has 0 spiro atoms. The van der Waals surface area contributed by atoms with E-state index in [0.717, 1.165) is 18.5 Å². The number of aromatic nitrogens is 1. The second kappa shape index (κ2) is 12.9. The predicted octanol–water partition coefficient (Wildman–Crippen LogP) is 0.114. The van der Waals surface area contributed by atoms with Crippen molar-refractivity contribution < 1.29 is 42.2 Å². The van der Waals surface area contributed by atoms with E-state index < -0.39 is 7.38 Å². The van der Waals surface area contributed by atoms with Crippen LogP contribution in [0, 0.1) is 12.0 Å². The van der Waals surface area contributed by atoms with E-state index in [-0.39, 0.29) is 47.6 Å². The Hall–Kier alpha value is -0.401. The van der Waals surface area contributed by atoms with Crippen LogP contribution in [0.15, 0.2) is 66.0 Å². The topological polar surface area (TPSA) is 12.9 Å². The summed E-state index contributed by atoms with van der Waals surface area (Å²) in [6.45, 7) is 8.84. The normalized spacial score (nSPS) is 14.9. The summed E-state index contributed by atoms with van der Waals surface area (Å²) >= 11 is 6.58. The van der Waals surface area contributed by atoms with Crippen LogP contribution in [0.1, 0.15) is 32.4 Å². The fraction of sp³-hybridized carbons (Fsp3) is 0.333. The average Bonchev–Trinajstić information content (AvgIpc) is 3.15. The van der Waals surface area contributed by atoms with Gasteiger partial charge in [0.2, 0.25) is 0 Å². The minimum atomic E-state index is -1.74. The van der Waals surface area contributed by atoms with Crippen LogP contribution in [0.25, 0.3) is 0 Å². The Labute approximate surface area is 193 Å². The SMILES string of the molecule is CC(C)(c1ccccn1)[C-]1C=CC=C([Si](C)(C)Cl)C1.[C-]1=CC=CC1.[Cl-].[Cl-].[Cr+4]. The van der Waals surface area contributed by atoms with Gasteiger partial charge in [0.1, 0.15) is 0 Å². The molecule has 0 atom stereocenters. The second-order valence-electron chi connectivity index (χ2n) is 7.07. The van der Waals surface area contributed by atoms with Crippen LogP contribution in [0.4, 0.5) is 0 Å². The third-order valence-electron chi connectivity index (χ3n) is 4.43. The number of hydrogen-bond donors (Lipinski definition) is 0. The second-order valence-corrected chi connectivity index (χ2v) is 13.5. The average molecular weight is 479 g/mol. The molecule has 0 fully saturated rings. The zero-order valence-corrected chi connectivity index (χ0v) is 20.7. The summed E-state index contributed by atoms with van der Waals surface area (Å²) in [4.78, 5) is 4.52. The number of nitrogens with zero attached hydrogens (tertiary/aromatic N) is 1. The number of halogens is 3. The van der Waals surface area contributed by atoms with E-state index in [1.165, 1.54) is 11.1 Å². The third kappa shape index (κ3) is 8.65. The monoisotopic (exact) mass is 477 g/mol. The van der Waals surface area contributed by atoms with Gasteiger partial charge < -0.3 is 24.8 Å². The fourth-order valence-corrected chi connectivity index (χ4v) is 4.17. The molecule has 0 aliphatic heterocycles. The Morgan fingerprint density at radius 1 is 1.19 bits per heavy atom. The predicted molar refractivity (Wildman–Crippen MR) is 107 cm³/mol. The van der Waals surface area contributed by atoms with Crippen molar-refractivity contribution in [2.75, 3.05) is 0 Å². The largest absolute Gasteiger partial charge is 4.00 e. The zero-order valence-electron chi connectivity index (χ0n) is 16.2. The summed E-state index contributed by atoms with van der Waals surface area (Å²) in [5, 5.41) is 1.40. The molecule has 0 N–H and O–H groups in total. The van der Waals surface area contributed by atoms with Crippen molar-refractivity contribution in [1.82, 2.24) is 4.98 Å². The quantitative estimate of drug-likeness (QED) is 0.342. The standard InChI is InChI=1S/C16H21ClNSi.C5H5.2ClH.Cr/c1-16(2,15-10-5-6-11-18-15)13-8-7-9-14(12-13)19(3,4)17;1-2-4-5-3-1;;;/h5-11H,12H2,1-4H3;1-3H,4H2;2*1H;/q2*-1;;;+4/p-2.